The van der Waals surface area contributed by atoms with Gasteiger partial charge in [0.1, 0.15) is 18.1 Å². The predicted molar refractivity (Wildman–Crippen MR) is 76.1 cm³/mol. The Kier molecular flexibility index (Phi) is 3.64. The fourth-order valence-electron chi connectivity index (χ4n) is 2.52. The number of anilines is 1. The fourth-order valence-corrected chi connectivity index (χ4v) is 2.52. The largest absolute Gasteiger partial charge is 0.354 e. The first-order chi connectivity index (χ1) is 9.78. The highest BCUT2D eigenvalue weighted by Crippen LogP contribution is 2.12. The van der Waals surface area contributed by atoms with Crippen LogP contribution >= 0.6 is 0 Å². The predicted octanol–water partition coefficient (Wildman–Crippen LogP) is 0.786. The Morgan fingerprint density at radius 1 is 1.20 bits per heavy atom. The molecule has 0 radical (unpaired) electrons. The molecule has 0 saturated carbocycles. The Labute approximate surface area is 116 Å². The number of aromatic nitrogens is 2. The SMILES string of the molecule is O=c1cc(N2CCN(CCF)CC2)nc2ccccn12. The minimum absolute atomic E-state index is 0.0724. The molecule has 0 amide bonds. The first kappa shape index (κ1) is 13.1. The van der Waals surface area contributed by atoms with Crippen molar-refractivity contribution in [3.63, 3.8) is 0 Å². The first-order valence-electron chi connectivity index (χ1n) is 6.79. The van der Waals surface area contributed by atoms with Gasteiger partial charge in [-0.3, -0.25) is 14.1 Å². The van der Waals surface area contributed by atoms with Crippen molar-refractivity contribution in [1.82, 2.24) is 14.3 Å². The first-order valence-corrected chi connectivity index (χ1v) is 6.79. The number of halogens is 1. The molecule has 0 aromatic carbocycles. The van der Waals surface area contributed by atoms with Crippen LogP contribution in [-0.2, 0) is 0 Å². The Hall–Kier alpha value is -1.95. The molecule has 2 aromatic rings. The van der Waals surface area contributed by atoms with E-state index in [1.165, 1.54) is 4.40 Å². The smallest absolute Gasteiger partial charge is 0.259 e. The molecule has 0 bridgehead atoms. The molecular weight excluding hydrogens is 259 g/mol. The van der Waals surface area contributed by atoms with Gasteiger partial charge >= 0.3 is 0 Å². The van der Waals surface area contributed by atoms with Crippen LogP contribution in [-0.4, -0.2) is 53.7 Å². The third-order valence-electron chi connectivity index (χ3n) is 3.65. The molecule has 0 spiro atoms. The molecular formula is C14H17FN4O. The number of rotatable bonds is 3. The summed E-state index contributed by atoms with van der Waals surface area (Å²) in [4.78, 5) is 20.7. The average Bonchev–Trinajstić information content (AvgIpc) is 2.48. The highest BCUT2D eigenvalue weighted by atomic mass is 19.1. The molecule has 1 aliphatic heterocycles. The lowest BCUT2D eigenvalue weighted by Gasteiger charge is -2.34. The molecule has 106 valence electrons. The number of hydrogen-bond acceptors (Lipinski definition) is 4. The summed E-state index contributed by atoms with van der Waals surface area (Å²) in [5.74, 6) is 0.709. The van der Waals surface area contributed by atoms with Gasteiger partial charge in [-0.2, -0.15) is 0 Å². The van der Waals surface area contributed by atoms with Crippen LogP contribution in [0.2, 0.25) is 0 Å². The number of hydrogen-bond donors (Lipinski definition) is 0. The van der Waals surface area contributed by atoms with Gasteiger partial charge in [-0.25, -0.2) is 9.37 Å². The Morgan fingerprint density at radius 3 is 2.75 bits per heavy atom. The zero-order valence-electron chi connectivity index (χ0n) is 11.2. The van der Waals surface area contributed by atoms with Crippen LogP contribution in [0.5, 0.6) is 0 Å². The molecule has 6 heteroatoms. The molecule has 0 N–H and O–H groups in total. The van der Waals surface area contributed by atoms with Crippen molar-refractivity contribution in [3.8, 4) is 0 Å². The third-order valence-corrected chi connectivity index (χ3v) is 3.65. The summed E-state index contributed by atoms with van der Waals surface area (Å²) in [5, 5.41) is 0. The van der Waals surface area contributed by atoms with Crippen LogP contribution in [0.25, 0.3) is 5.65 Å². The van der Waals surface area contributed by atoms with E-state index < -0.39 is 0 Å². The summed E-state index contributed by atoms with van der Waals surface area (Å²) in [5.41, 5.74) is 0.581. The number of fused-ring (bicyclic) bond motifs is 1. The summed E-state index contributed by atoms with van der Waals surface area (Å²) in [7, 11) is 0. The normalized spacial score (nSPS) is 16.8. The van der Waals surface area contributed by atoms with Crippen LogP contribution < -0.4 is 10.5 Å². The van der Waals surface area contributed by atoms with E-state index >= 15 is 0 Å². The van der Waals surface area contributed by atoms with E-state index in [1.54, 1.807) is 12.3 Å². The molecule has 0 unspecified atom stereocenters. The maximum Gasteiger partial charge on any atom is 0.259 e. The molecule has 1 saturated heterocycles. The van der Waals surface area contributed by atoms with Crippen molar-refractivity contribution in [2.75, 3.05) is 44.3 Å². The number of piperazine rings is 1. The van der Waals surface area contributed by atoms with Gasteiger partial charge in [-0.15, -0.1) is 0 Å². The molecule has 1 fully saturated rings. The van der Waals surface area contributed by atoms with E-state index in [4.69, 9.17) is 0 Å². The zero-order chi connectivity index (χ0) is 13.9. The molecule has 0 atom stereocenters. The van der Waals surface area contributed by atoms with E-state index in [2.05, 4.69) is 14.8 Å². The number of pyridine rings is 1. The summed E-state index contributed by atoms with van der Waals surface area (Å²) < 4.78 is 13.8. The van der Waals surface area contributed by atoms with Crippen LogP contribution in [0.4, 0.5) is 10.2 Å². The fraction of sp³-hybridized carbons (Fsp3) is 0.429. The maximum atomic E-state index is 12.3. The highest BCUT2D eigenvalue weighted by molar-refractivity contribution is 5.48. The van der Waals surface area contributed by atoms with Gasteiger partial charge in [0, 0.05) is 45.0 Å². The van der Waals surface area contributed by atoms with E-state index in [0.717, 1.165) is 26.2 Å². The number of alkyl halides is 1. The lowest BCUT2D eigenvalue weighted by atomic mass is 10.3. The van der Waals surface area contributed by atoms with Gasteiger partial charge < -0.3 is 4.90 Å². The summed E-state index contributed by atoms with van der Waals surface area (Å²) in [6, 6.07) is 7.07. The van der Waals surface area contributed by atoms with Gasteiger partial charge in [0.2, 0.25) is 0 Å². The minimum atomic E-state index is -0.310. The Balaban J connectivity index is 1.83. The van der Waals surface area contributed by atoms with Gasteiger partial charge in [0.05, 0.1) is 0 Å². The van der Waals surface area contributed by atoms with Crippen LogP contribution in [0.3, 0.4) is 0 Å². The van der Waals surface area contributed by atoms with Crippen molar-refractivity contribution in [3.05, 3.63) is 40.8 Å². The van der Waals surface area contributed by atoms with Crippen LogP contribution in [0, 0.1) is 0 Å². The maximum absolute atomic E-state index is 12.3. The van der Waals surface area contributed by atoms with Crippen molar-refractivity contribution >= 4 is 11.5 Å². The standard InChI is InChI=1S/C14H17FN4O/c15-4-6-17-7-9-18(10-8-17)13-11-14(20)19-5-2-1-3-12(19)16-13/h1-3,5,11H,4,6-10H2. The number of nitrogens with zero attached hydrogens (tertiary/aromatic N) is 4. The monoisotopic (exact) mass is 276 g/mol. The molecule has 20 heavy (non-hydrogen) atoms. The quantitative estimate of drug-likeness (QED) is 0.831. The van der Waals surface area contributed by atoms with Crippen molar-refractivity contribution < 1.29 is 4.39 Å². The van der Waals surface area contributed by atoms with E-state index in [0.29, 0.717) is 18.0 Å². The highest BCUT2D eigenvalue weighted by Gasteiger charge is 2.18. The second-order valence-electron chi connectivity index (χ2n) is 4.90. The van der Waals surface area contributed by atoms with E-state index in [1.807, 2.05) is 18.2 Å². The second kappa shape index (κ2) is 5.58. The summed E-state index contributed by atoms with van der Waals surface area (Å²) in [6.45, 7) is 3.33. The van der Waals surface area contributed by atoms with E-state index in [9.17, 15) is 9.18 Å². The lowest BCUT2D eigenvalue weighted by Crippen LogP contribution is -2.47. The van der Waals surface area contributed by atoms with Gasteiger partial charge in [0.25, 0.3) is 5.56 Å². The van der Waals surface area contributed by atoms with Crippen LogP contribution in [0.15, 0.2) is 35.3 Å². The molecule has 5 nitrogen and oxygen atoms in total. The van der Waals surface area contributed by atoms with Crippen molar-refractivity contribution in [2.45, 2.75) is 0 Å². The van der Waals surface area contributed by atoms with Crippen molar-refractivity contribution in [1.29, 1.82) is 0 Å². The third kappa shape index (κ3) is 2.51. The van der Waals surface area contributed by atoms with E-state index in [-0.39, 0.29) is 12.2 Å². The minimum Gasteiger partial charge on any atom is -0.354 e. The van der Waals surface area contributed by atoms with Crippen LogP contribution in [0.1, 0.15) is 0 Å². The summed E-state index contributed by atoms with van der Waals surface area (Å²) in [6.07, 6.45) is 1.72. The molecule has 0 aliphatic carbocycles. The van der Waals surface area contributed by atoms with Crippen molar-refractivity contribution in [2.24, 2.45) is 0 Å². The van der Waals surface area contributed by atoms with Gasteiger partial charge in [-0.1, -0.05) is 6.07 Å². The molecule has 2 aromatic heterocycles. The molecule has 1 aliphatic rings. The second-order valence-corrected chi connectivity index (χ2v) is 4.90. The van der Waals surface area contributed by atoms with Gasteiger partial charge in [0.15, 0.2) is 0 Å². The average molecular weight is 276 g/mol. The molecule has 3 heterocycles. The molecule has 3 rings (SSSR count). The Bertz CT molecular complexity index is 649. The topological polar surface area (TPSA) is 40.9 Å². The zero-order valence-corrected chi connectivity index (χ0v) is 11.2. The lowest BCUT2D eigenvalue weighted by molar-refractivity contribution is 0.235. The summed E-state index contributed by atoms with van der Waals surface area (Å²) >= 11 is 0. The Morgan fingerprint density at radius 2 is 2.00 bits per heavy atom. The van der Waals surface area contributed by atoms with Gasteiger partial charge in [-0.05, 0) is 12.1 Å².